The Morgan fingerprint density at radius 2 is 2.19 bits per heavy atom. The van der Waals surface area contributed by atoms with Gasteiger partial charge in [-0.3, -0.25) is 4.79 Å². The Balaban J connectivity index is 1.71. The Labute approximate surface area is 153 Å². The van der Waals surface area contributed by atoms with Gasteiger partial charge in [-0.1, -0.05) is 6.92 Å². The van der Waals surface area contributed by atoms with Crippen molar-refractivity contribution < 1.29 is 14.3 Å². The number of carbonyl (C=O) groups is 1. The van der Waals surface area contributed by atoms with Crippen molar-refractivity contribution in [3.8, 4) is 22.9 Å². The fourth-order valence-electron chi connectivity index (χ4n) is 3.15. The zero-order valence-electron chi connectivity index (χ0n) is 15.5. The number of nitrogens with zero attached hydrogens (tertiary/aromatic N) is 5. The highest BCUT2D eigenvalue weighted by Crippen LogP contribution is 2.31. The van der Waals surface area contributed by atoms with Crippen LogP contribution in [0.25, 0.3) is 11.4 Å². The molecular formula is C18H25N5O3. The maximum atomic E-state index is 12.4. The van der Waals surface area contributed by atoms with Gasteiger partial charge in [-0.05, 0) is 49.1 Å². The number of hydrogen-bond donors (Lipinski definition) is 0. The van der Waals surface area contributed by atoms with Crippen molar-refractivity contribution in [3.63, 3.8) is 0 Å². The predicted molar refractivity (Wildman–Crippen MR) is 96.0 cm³/mol. The summed E-state index contributed by atoms with van der Waals surface area (Å²) in [6.45, 7) is 6.33. The van der Waals surface area contributed by atoms with E-state index in [2.05, 4.69) is 22.3 Å². The Morgan fingerprint density at radius 3 is 2.92 bits per heavy atom. The highest BCUT2D eigenvalue weighted by atomic mass is 16.5. The van der Waals surface area contributed by atoms with Crippen molar-refractivity contribution in [2.75, 3.05) is 26.8 Å². The molecule has 1 atom stereocenters. The molecule has 0 spiro atoms. The van der Waals surface area contributed by atoms with Gasteiger partial charge in [0.25, 0.3) is 0 Å². The summed E-state index contributed by atoms with van der Waals surface area (Å²) >= 11 is 0. The molecule has 0 saturated carbocycles. The zero-order valence-corrected chi connectivity index (χ0v) is 15.5. The highest BCUT2D eigenvalue weighted by Gasteiger charge is 2.22. The standard InChI is InChI=1S/C18H25N5O3/c1-4-26-16-10-14(7-8-15(16)25-3)18-19-21-23(20-18)12-17(24)22-9-5-6-13(2)11-22/h7-8,10,13H,4-6,9,11-12H2,1-3H3/t13-/m0/s1. The molecule has 1 aromatic carbocycles. The van der Waals surface area contributed by atoms with Gasteiger partial charge in [-0.2, -0.15) is 4.80 Å². The molecule has 3 rings (SSSR count). The number of benzene rings is 1. The van der Waals surface area contributed by atoms with Gasteiger partial charge in [0.15, 0.2) is 11.5 Å². The minimum absolute atomic E-state index is 0.0326. The van der Waals surface area contributed by atoms with E-state index in [1.807, 2.05) is 24.0 Å². The van der Waals surface area contributed by atoms with Crippen molar-refractivity contribution in [3.05, 3.63) is 18.2 Å². The van der Waals surface area contributed by atoms with Crippen molar-refractivity contribution in [2.24, 2.45) is 5.92 Å². The lowest BCUT2D eigenvalue weighted by Crippen LogP contribution is -2.41. The topological polar surface area (TPSA) is 82.4 Å². The summed E-state index contributed by atoms with van der Waals surface area (Å²) in [6.07, 6.45) is 2.23. The molecule has 140 valence electrons. The third kappa shape index (κ3) is 4.12. The van der Waals surface area contributed by atoms with Crippen molar-refractivity contribution in [1.82, 2.24) is 25.1 Å². The van der Waals surface area contributed by atoms with E-state index in [0.29, 0.717) is 29.8 Å². The average molecular weight is 359 g/mol. The van der Waals surface area contributed by atoms with E-state index in [9.17, 15) is 4.79 Å². The summed E-state index contributed by atoms with van der Waals surface area (Å²) in [5.74, 6) is 2.31. The second-order valence-corrected chi connectivity index (χ2v) is 6.53. The third-order valence-corrected chi connectivity index (χ3v) is 4.46. The summed E-state index contributed by atoms with van der Waals surface area (Å²) in [5, 5.41) is 12.4. The molecule has 0 radical (unpaired) electrons. The second-order valence-electron chi connectivity index (χ2n) is 6.53. The Hall–Kier alpha value is -2.64. The van der Waals surface area contributed by atoms with E-state index in [4.69, 9.17) is 9.47 Å². The van der Waals surface area contributed by atoms with Gasteiger partial charge in [-0.15, -0.1) is 10.2 Å². The van der Waals surface area contributed by atoms with E-state index in [1.165, 1.54) is 11.2 Å². The van der Waals surface area contributed by atoms with Crippen molar-refractivity contribution >= 4 is 5.91 Å². The van der Waals surface area contributed by atoms with Gasteiger partial charge in [-0.25, -0.2) is 0 Å². The number of aromatic nitrogens is 4. The van der Waals surface area contributed by atoms with E-state index in [1.54, 1.807) is 13.2 Å². The summed E-state index contributed by atoms with van der Waals surface area (Å²) < 4.78 is 10.9. The lowest BCUT2D eigenvalue weighted by Gasteiger charge is -2.30. The third-order valence-electron chi connectivity index (χ3n) is 4.46. The number of carbonyl (C=O) groups excluding carboxylic acids is 1. The minimum atomic E-state index is 0.0326. The van der Waals surface area contributed by atoms with Gasteiger partial charge in [0.1, 0.15) is 6.54 Å². The maximum absolute atomic E-state index is 12.4. The first kappa shape index (κ1) is 18.2. The molecule has 2 aromatic rings. The van der Waals surface area contributed by atoms with Crippen LogP contribution >= 0.6 is 0 Å². The van der Waals surface area contributed by atoms with E-state index < -0.39 is 0 Å². The molecule has 0 aliphatic carbocycles. The number of methoxy groups -OCH3 is 1. The molecule has 2 heterocycles. The lowest BCUT2D eigenvalue weighted by molar-refractivity contribution is -0.134. The van der Waals surface area contributed by atoms with Crippen LogP contribution in [0.5, 0.6) is 11.5 Å². The van der Waals surface area contributed by atoms with E-state index in [0.717, 1.165) is 25.1 Å². The molecular weight excluding hydrogens is 334 g/mol. The zero-order chi connectivity index (χ0) is 18.5. The number of ether oxygens (including phenoxy) is 2. The highest BCUT2D eigenvalue weighted by molar-refractivity contribution is 5.76. The molecule has 0 unspecified atom stereocenters. The normalized spacial score (nSPS) is 17.2. The van der Waals surface area contributed by atoms with Crippen LogP contribution in [0.3, 0.4) is 0 Å². The molecule has 26 heavy (non-hydrogen) atoms. The largest absolute Gasteiger partial charge is 0.493 e. The van der Waals surface area contributed by atoms with Crippen LogP contribution in [0.15, 0.2) is 18.2 Å². The van der Waals surface area contributed by atoms with Gasteiger partial charge < -0.3 is 14.4 Å². The Morgan fingerprint density at radius 1 is 1.35 bits per heavy atom. The first-order valence-electron chi connectivity index (χ1n) is 8.97. The fraction of sp³-hybridized carbons (Fsp3) is 0.556. The molecule has 1 aromatic heterocycles. The van der Waals surface area contributed by atoms with Crippen LogP contribution in [0.4, 0.5) is 0 Å². The Bertz CT molecular complexity index is 761. The molecule has 1 saturated heterocycles. The lowest BCUT2D eigenvalue weighted by atomic mass is 10.0. The van der Waals surface area contributed by atoms with Crippen LogP contribution in [-0.4, -0.2) is 57.8 Å². The molecule has 1 fully saturated rings. The molecule has 0 bridgehead atoms. The van der Waals surface area contributed by atoms with Gasteiger partial charge in [0.05, 0.1) is 13.7 Å². The quantitative estimate of drug-likeness (QED) is 0.785. The van der Waals surface area contributed by atoms with Crippen molar-refractivity contribution in [2.45, 2.75) is 33.2 Å². The molecule has 1 amide bonds. The predicted octanol–water partition coefficient (Wildman–Crippen LogP) is 2.01. The van der Waals surface area contributed by atoms with Crippen LogP contribution in [-0.2, 0) is 11.3 Å². The minimum Gasteiger partial charge on any atom is -0.493 e. The van der Waals surface area contributed by atoms with Crippen molar-refractivity contribution in [1.29, 1.82) is 0 Å². The monoisotopic (exact) mass is 359 g/mol. The Kier molecular flexibility index (Phi) is 5.70. The van der Waals surface area contributed by atoms with Crippen LogP contribution < -0.4 is 9.47 Å². The first-order valence-corrected chi connectivity index (χ1v) is 8.97. The fourth-order valence-corrected chi connectivity index (χ4v) is 3.15. The second kappa shape index (κ2) is 8.16. The number of piperidine rings is 1. The average Bonchev–Trinajstić information content (AvgIpc) is 3.10. The van der Waals surface area contributed by atoms with Gasteiger partial charge in [0, 0.05) is 18.7 Å². The smallest absolute Gasteiger partial charge is 0.246 e. The molecule has 8 heteroatoms. The van der Waals surface area contributed by atoms with E-state index in [-0.39, 0.29) is 12.5 Å². The van der Waals surface area contributed by atoms with Gasteiger partial charge >= 0.3 is 0 Å². The molecule has 8 nitrogen and oxygen atoms in total. The van der Waals surface area contributed by atoms with Crippen LogP contribution in [0, 0.1) is 5.92 Å². The van der Waals surface area contributed by atoms with Crippen LogP contribution in [0.1, 0.15) is 26.7 Å². The molecule has 1 aliphatic rings. The number of rotatable bonds is 6. The first-order chi connectivity index (χ1) is 12.6. The maximum Gasteiger partial charge on any atom is 0.246 e. The van der Waals surface area contributed by atoms with Gasteiger partial charge in [0.2, 0.25) is 11.7 Å². The SMILES string of the molecule is CCOc1cc(-c2nnn(CC(=O)N3CCC[C@H](C)C3)n2)ccc1OC. The van der Waals surface area contributed by atoms with E-state index >= 15 is 0 Å². The summed E-state index contributed by atoms with van der Waals surface area (Å²) in [7, 11) is 1.60. The number of hydrogen-bond acceptors (Lipinski definition) is 6. The number of tetrazole rings is 1. The summed E-state index contributed by atoms with van der Waals surface area (Å²) in [5.41, 5.74) is 0.763. The van der Waals surface area contributed by atoms with Crippen LogP contribution in [0.2, 0.25) is 0 Å². The number of likely N-dealkylation sites (tertiary alicyclic amines) is 1. The molecule has 0 N–H and O–H groups in total. The number of amides is 1. The summed E-state index contributed by atoms with van der Waals surface area (Å²) in [6, 6.07) is 5.47. The molecule has 1 aliphatic heterocycles. The summed E-state index contributed by atoms with van der Waals surface area (Å²) in [4.78, 5) is 15.7.